The molecule has 2 aromatic heterocycles. The van der Waals surface area contributed by atoms with E-state index in [0.717, 1.165) is 16.6 Å². The molecule has 0 spiro atoms. The summed E-state index contributed by atoms with van der Waals surface area (Å²) in [4.78, 5) is 54.9. The number of H-pyrrole nitrogens is 1. The zero-order valence-corrected chi connectivity index (χ0v) is 19.7. The van der Waals surface area contributed by atoms with Gasteiger partial charge in [0.1, 0.15) is 12.4 Å². The molecule has 2 aromatic carbocycles. The third kappa shape index (κ3) is 5.04. The van der Waals surface area contributed by atoms with Gasteiger partial charge in [-0.05, 0) is 12.0 Å². The highest BCUT2D eigenvalue weighted by molar-refractivity contribution is 5.95. The van der Waals surface area contributed by atoms with Gasteiger partial charge in [0.2, 0.25) is 5.91 Å². The maximum absolute atomic E-state index is 13.5. The molecule has 2 heterocycles. The molecule has 186 valence electrons. The van der Waals surface area contributed by atoms with Crippen molar-refractivity contribution in [3.05, 3.63) is 97.6 Å². The lowest BCUT2D eigenvalue weighted by atomic mass is 10.2. The summed E-state index contributed by atoms with van der Waals surface area (Å²) in [7, 11) is 0. The van der Waals surface area contributed by atoms with Crippen molar-refractivity contribution in [3.8, 4) is 11.4 Å². The summed E-state index contributed by atoms with van der Waals surface area (Å²) in [6.07, 6.45) is 1.29. The first kappa shape index (κ1) is 24.5. The van der Waals surface area contributed by atoms with Crippen LogP contribution >= 0.6 is 0 Å². The molecule has 4 aromatic rings. The van der Waals surface area contributed by atoms with Crippen LogP contribution in [0.15, 0.2) is 79.6 Å². The number of aromatic nitrogens is 4. The minimum Gasteiger partial charge on any atom is -0.383 e. The molecule has 0 unspecified atom stereocenters. The fraction of sp³-hybridized carbons (Fsp3) is 0.240. The largest absolute Gasteiger partial charge is 0.442 e. The van der Waals surface area contributed by atoms with Crippen molar-refractivity contribution in [2.75, 3.05) is 17.2 Å². The van der Waals surface area contributed by atoms with Crippen LogP contribution in [0.2, 0.25) is 0 Å². The Morgan fingerprint density at radius 3 is 2.36 bits per heavy atom. The summed E-state index contributed by atoms with van der Waals surface area (Å²) in [5.41, 5.74) is 6.08. The Morgan fingerprint density at radius 1 is 1.03 bits per heavy atom. The second-order valence-electron chi connectivity index (χ2n) is 8.19. The molecule has 11 nitrogen and oxygen atoms in total. The van der Waals surface area contributed by atoms with Crippen LogP contribution in [0.25, 0.3) is 11.4 Å². The van der Waals surface area contributed by atoms with E-state index in [1.807, 2.05) is 43.3 Å². The van der Waals surface area contributed by atoms with Gasteiger partial charge < -0.3 is 10.6 Å². The van der Waals surface area contributed by atoms with Gasteiger partial charge in [0, 0.05) is 12.1 Å². The second kappa shape index (κ2) is 10.7. The normalized spacial score (nSPS) is 10.9. The Hall–Kier alpha value is -4.67. The summed E-state index contributed by atoms with van der Waals surface area (Å²) in [5, 5.41) is 3.81. The number of amides is 1. The van der Waals surface area contributed by atoms with Crippen LogP contribution in [-0.2, 0) is 17.9 Å². The summed E-state index contributed by atoms with van der Waals surface area (Å²) >= 11 is 0. The highest BCUT2D eigenvalue weighted by atomic mass is 16.5. The molecule has 0 saturated heterocycles. The van der Waals surface area contributed by atoms with E-state index >= 15 is 0 Å². The van der Waals surface area contributed by atoms with Crippen molar-refractivity contribution in [1.29, 1.82) is 0 Å². The zero-order chi connectivity index (χ0) is 25.7. The maximum atomic E-state index is 13.5. The molecule has 0 fully saturated rings. The quantitative estimate of drug-likeness (QED) is 0.363. The van der Waals surface area contributed by atoms with E-state index in [2.05, 4.69) is 10.1 Å². The van der Waals surface area contributed by atoms with Crippen molar-refractivity contribution in [3.63, 3.8) is 0 Å². The maximum Gasteiger partial charge on any atom is 0.442 e. The lowest BCUT2D eigenvalue weighted by molar-refractivity contribution is -0.119. The molecule has 0 saturated carbocycles. The van der Waals surface area contributed by atoms with Crippen molar-refractivity contribution in [1.82, 2.24) is 19.3 Å². The highest BCUT2D eigenvalue weighted by Crippen LogP contribution is 2.20. The fourth-order valence-electron chi connectivity index (χ4n) is 3.86. The average molecular weight is 491 g/mol. The standard InChI is InChI=1S/C25H26N6O5/c1-2-3-14-29(19(32)16-31-22(28-36-25(31)35)18-12-8-5-9-13-18)20-21(26)30(24(34)27-23(20)33)15-17-10-6-4-7-11-17/h4-13H,2-3,14-16,26H2,1H3,(H,27,33,34). The van der Waals surface area contributed by atoms with Crippen LogP contribution < -0.4 is 27.6 Å². The highest BCUT2D eigenvalue weighted by Gasteiger charge is 2.26. The lowest BCUT2D eigenvalue weighted by Gasteiger charge is -2.24. The third-order valence-corrected chi connectivity index (χ3v) is 5.72. The van der Waals surface area contributed by atoms with Crippen LogP contribution in [0.5, 0.6) is 0 Å². The van der Waals surface area contributed by atoms with E-state index in [1.165, 1.54) is 9.47 Å². The number of aromatic amines is 1. The summed E-state index contributed by atoms with van der Waals surface area (Å²) in [6.45, 7) is 1.76. The summed E-state index contributed by atoms with van der Waals surface area (Å²) in [6, 6.07) is 17.9. The third-order valence-electron chi connectivity index (χ3n) is 5.72. The lowest BCUT2D eigenvalue weighted by Crippen LogP contribution is -2.43. The second-order valence-corrected chi connectivity index (χ2v) is 8.19. The number of carbonyl (C=O) groups is 1. The van der Waals surface area contributed by atoms with Crippen molar-refractivity contribution < 1.29 is 9.32 Å². The van der Waals surface area contributed by atoms with Gasteiger partial charge in [0.05, 0.1) is 6.54 Å². The number of nitrogens with one attached hydrogen (secondary N) is 1. The smallest absolute Gasteiger partial charge is 0.383 e. The first-order chi connectivity index (χ1) is 17.4. The van der Waals surface area contributed by atoms with Gasteiger partial charge in [0.25, 0.3) is 5.56 Å². The van der Waals surface area contributed by atoms with E-state index in [-0.39, 0.29) is 30.4 Å². The predicted molar refractivity (Wildman–Crippen MR) is 135 cm³/mol. The number of nitrogen functional groups attached to an aromatic ring is 1. The molecule has 1 amide bonds. The number of rotatable bonds is 9. The number of nitrogens with two attached hydrogens (primary N) is 1. The van der Waals surface area contributed by atoms with Crippen LogP contribution in [0, 0.1) is 0 Å². The molecular formula is C25H26N6O5. The Labute approximate surface area is 205 Å². The molecule has 0 aliphatic carbocycles. The molecule has 0 radical (unpaired) electrons. The number of hydrogen-bond donors (Lipinski definition) is 2. The number of hydrogen-bond acceptors (Lipinski definition) is 7. The van der Waals surface area contributed by atoms with Crippen molar-refractivity contribution in [2.24, 2.45) is 0 Å². The predicted octanol–water partition coefficient (Wildman–Crippen LogP) is 1.82. The van der Waals surface area contributed by atoms with Gasteiger partial charge in [-0.15, -0.1) is 0 Å². The monoisotopic (exact) mass is 490 g/mol. The number of benzene rings is 2. The molecule has 3 N–H and O–H groups in total. The topological polar surface area (TPSA) is 149 Å². The van der Waals surface area contributed by atoms with Gasteiger partial charge in [-0.3, -0.25) is 23.7 Å². The van der Waals surface area contributed by atoms with Gasteiger partial charge in [-0.25, -0.2) is 14.2 Å². The number of carbonyl (C=O) groups excluding carboxylic acids is 1. The van der Waals surface area contributed by atoms with E-state index < -0.39 is 29.5 Å². The van der Waals surface area contributed by atoms with Gasteiger partial charge in [-0.2, -0.15) is 0 Å². The minimum absolute atomic E-state index is 0.106. The van der Waals surface area contributed by atoms with E-state index in [4.69, 9.17) is 10.3 Å². The molecule has 0 aliphatic rings. The molecule has 36 heavy (non-hydrogen) atoms. The molecule has 4 rings (SSSR count). The van der Waals surface area contributed by atoms with Crippen LogP contribution in [0.4, 0.5) is 11.5 Å². The molecule has 0 aliphatic heterocycles. The van der Waals surface area contributed by atoms with Gasteiger partial charge in [0.15, 0.2) is 11.5 Å². The average Bonchev–Trinajstić information content (AvgIpc) is 3.24. The number of nitrogens with zero attached hydrogens (tertiary/aromatic N) is 4. The number of anilines is 2. The Balaban J connectivity index is 1.74. The van der Waals surface area contributed by atoms with Crippen molar-refractivity contribution in [2.45, 2.75) is 32.9 Å². The van der Waals surface area contributed by atoms with Crippen LogP contribution in [-0.4, -0.2) is 31.7 Å². The minimum atomic E-state index is -0.812. The van der Waals surface area contributed by atoms with E-state index in [1.54, 1.807) is 24.3 Å². The first-order valence-electron chi connectivity index (χ1n) is 11.5. The Bertz CT molecular complexity index is 1520. The molecule has 0 atom stereocenters. The SMILES string of the molecule is CCCCN(C(=O)Cn1c(-c2ccccc2)noc1=O)c1c(N)n(Cc2ccccc2)c(=O)[nH]c1=O. The van der Waals surface area contributed by atoms with E-state index in [9.17, 15) is 19.2 Å². The zero-order valence-electron chi connectivity index (χ0n) is 19.7. The molecule has 11 heteroatoms. The van der Waals surface area contributed by atoms with E-state index in [0.29, 0.717) is 12.0 Å². The van der Waals surface area contributed by atoms with Crippen LogP contribution in [0.1, 0.15) is 25.3 Å². The molecular weight excluding hydrogens is 464 g/mol. The summed E-state index contributed by atoms with van der Waals surface area (Å²) in [5.74, 6) is -1.35. The van der Waals surface area contributed by atoms with Crippen LogP contribution in [0.3, 0.4) is 0 Å². The van der Waals surface area contributed by atoms with Gasteiger partial charge in [-0.1, -0.05) is 79.2 Å². The molecule has 0 bridgehead atoms. The fourth-order valence-corrected chi connectivity index (χ4v) is 3.86. The van der Waals surface area contributed by atoms with Crippen molar-refractivity contribution >= 4 is 17.4 Å². The number of unbranched alkanes of at least 4 members (excludes halogenated alkanes) is 1. The first-order valence-corrected chi connectivity index (χ1v) is 11.5. The summed E-state index contributed by atoms with van der Waals surface area (Å²) < 4.78 is 7.12. The Morgan fingerprint density at radius 2 is 1.69 bits per heavy atom. The Kier molecular flexibility index (Phi) is 7.28. The van der Waals surface area contributed by atoms with Gasteiger partial charge >= 0.3 is 11.4 Å².